The van der Waals surface area contributed by atoms with Crippen LogP contribution in [0.3, 0.4) is 0 Å². The molecule has 0 fully saturated rings. The van der Waals surface area contributed by atoms with Crippen LogP contribution in [0.25, 0.3) is 11.6 Å². The molecule has 9 nitrogen and oxygen atoms in total. The Morgan fingerprint density at radius 1 is 0.958 bits per heavy atom. The number of allylic oxidation sites excluding steroid dienone is 2. The van der Waals surface area contributed by atoms with Crippen LogP contribution >= 0.6 is 0 Å². The molecule has 0 aliphatic carbocycles. The van der Waals surface area contributed by atoms with Crippen LogP contribution in [0.1, 0.15) is 81.4 Å². The van der Waals surface area contributed by atoms with Gasteiger partial charge >= 0.3 is 18.4 Å². The summed E-state index contributed by atoms with van der Waals surface area (Å²) in [6, 6.07) is 8.37. The van der Waals surface area contributed by atoms with Crippen molar-refractivity contribution in [2.45, 2.75) is 84.0 Å². The zero-order chi connectivity index (χ0) is 36.1. The van der Waals surface area contributed by atoms with Crippen LogP contribution in [0.5, 0.6) is 0 Å². The van der Waals surface area contributed by atoms with Gasteiger partial charge in [0, 0.05) is 5.41 Å². The van der Waals surface area contributed by atoms with Gasteiger partial charge in [-0.2, -0.15) is 26.3 Å². The Labute approximate surface area is 273 Å². The lowest BCUT2D eigenvalue weighted by Crippen LogP contribution is -2.45. The molecular formula is C33H36F6N4O5. The van der Waals surface area contributed by atoms with Crippen LogP contribution in [0.15, 0.2) is 66.1 Å². The van der Waals surface area contributed by atoms with Crippen molar-refractivity contribution in [3.63, 3.8) is 0 Å². The van der Waals surface area contributed by atoms with Gasteiger partial charge in [-0.1, -0.05) is 56.3 Å². The molecule has 2 heterocycles. The molecule has 0 spiro atoms. The lowest BCUT2D eigenvalue weighted by Gasteiger charge is -2.32. The quantitative estimate of drug-likeness (QED) is 0.108. The Bertz CT molecular complexity index is 1630. The Kier molecular flexibility index (Phi) is 11.3. The van der Waals surface area contributed by atoms with Crippen molar-refractivity contribution >= 4 is 17.6 Å². The molecule has 1 aromatic carbocycles. The summed E-state index contributed by atoms with van der Waals surface area (Å²) in [6.07, 6.45) is -9.98. The molecule has 1 unspecified atom stereocenters. The molecule has 2 aromatic heterocycles. The van der Waals surface area contributed by atoms with Crippen molar-refractivity contribution in [3.05, 3.63) is 84.4 Å². The molecule has 260 valence electrons. The number of carbonyl (C=O) groups is 2. The van der Waals surface area contributed by atoms with Gasteiger partial charge in [0.25, 0.3) is 11.8 Å². The molecular weight excluding hydrogens is 646 g/mol. The van der Waals surface area contributed by atoms with E-state index in [1.165, 1.54) is 46.8 Å². The zero-order valence-electron chi connectivity index (χ0n) is 27.0. The van der Waals surface area contributed by atoms with E-state index in [1.54, 1.807) is 30.3 Å². The summed E-state index contributed by atoms with van der Waals surface area (Å²) < 4.78 is 104. The number of nitrogens with zero attached hydrogens (tertiary/aromatic N) is 3. The van der Waals surface area contributed by atoms with Crippen molar-refractivity contribution in [1.82, 2.24) is 15.2 Å². The number of nitrogens with one attached hydrogen (secondary N) is 1. The maximum atomic E-state index is 14.9. The van der Waals surface area contributed by atoms with Gasteiger partial charge in [-0.3, -0.25) is 10.1 Å². The van der Waals surface area contributed by atoms with E-state index in [0.717, 1.165) is 0 Å². The van der Waals surface area contributed by atoms with Gasteiger partial charge < -0.3 is 13.9 Å². The standard InChI is InChI=1S/C33H36F6N4O5/c1-8-10-17-31(33(37,38)39,46-19-20-14-12-11-13-15-20)27-43-42-26(47-27)24-22(40-28(45)48-29(3,4)5)18-21(32(34,35)36)23(41-24)25(44)30(6,7)16-9-2/h8-9,11-15,18H,1-2,10,16-17,19H2,3-7H3,(H,40,45). The van der Waals surface area contributed by atoms with Crippen LogP contribution in [-0.4, -0.2) is 38.8 Å². The smallest absolute Gasteiger partial charge is 0.426 e. The number of alkyl halides is 6. The van der Waals surface area contributed by atoms with Crippen molar-refractivity contribution in [3.8, 4) is 11.6 Å². The Morgan fingerprint density at radius 2 is 1.60 bits per heavy atom. The number of hydrogen-bond acceptors (Lipinski definition) is 8. The molecule has 0 radical (unpaired) electrons. The minimum Gasteiger partial charge on any atom is -0.444 e. The van der Waals surface area contributed by atoms with Crippen molar-refractivity contribution in [2.24, 2.45) is 5.41 Å². The highest BCUT2D eigenvalue weighted by Crippen LogP contribution is 2.47. The van der Waals surface area contributed by atoms with E-state index < -0.39 is 88.3 Å². The summed E-state index contributed by atoms with van der Waals surface area (Å²) in [4.78, 5) is 30.1. The van der Waals surface area contributed by atoms with Crippen LogP contribution in [0.4, 0.5) is 36.8 Å². The monoisotopic (exact) mass is 682 g/mol. The summed E-state index contributed by atoms with van der Waals surface area (Å²) >= 11 is 0. The van der Waals surface area contributed by atoms with Gasteiger partial charge in [0.2, 0.25) is 5.60 Å². The maximum Gasteiger partial charge on any atom is 0.426 e. The Hall–Kier alpha value is -4.53. The number of pyridine rings is 1. The number of rotatable bonds is 13. The fourth-order valence-corrected chi connectivity index (χ4v) is 4.50. The SMILES string of the molecule is C=CCCC(OCc1ccccc1)(c1nnc(-c2nc(C(=O)C(C)(C)CC=C)c(C(F)(F)F)cc2NC(=O)OC(C)(C)C)o1)C(F)(F)F. The Morgan fingerprint density at radius 3 is 2.15 bits per heavy atom. The third kappa shape index (κ3) is 8.88. The molecule has 0 aliphatic heterocycles. The number of benzene rings is 1. The normalized spacial score (nSPS) is 13.8. The predicted molar refractivity (Wildman–Crippen MR) is 164 cm³/mol. The van der Waals surface area contributed by atoms with E-state index >= 15 is 0 Å². The van der Waals surface area contributed by atoms with Crippen LogP contribution in [0.2, 0.25) is 0 Å². The second-order valence-corrected chi connectivity index (χ2v) is 12.4. The second-order valence-electron chi connectivity index (χ2n) is 12.4. The highest BCUT2D eigenvalue weighted by atomic mass is 19.4. The molecule has 0 bridgehead atoms. The molecule has 3 rings (SSSR count). The van der Waals surface area contributed by atoms with E-state index in [-0.39, 0.29) is 12.8 Å². The van der Waals surface area contributed by atoms with Crippen LogP contribution < -0.4 is 5.32 Å². The molecule has 15 heteroatoms. The number of carbonyl (C=O) groups excluding carboxylic acids is 2. The summed E-state index contributed by atoms with van der Waals surface area (Å²) in [5, 5.41) is 9.40. The van der Waals surface area contributed by atoms with Crippen molar-refractivity contribution < 1.29 is 49.8 Å². The molecule has 0 aliphatic rings. The highest BCUT2D eigenvalue weighted by Gasteiger charge is 2.61. The van der Waals surface area contributed by atoms with E-state index in [1.807, 2.05) is 0 Å². The molecule has 1 atom stereocenters. The number of amides is 1. The van der Waals surface area contributed by atoms with Gasteiger partial charge in [-0.25, -0.2) is 9.78 Å². The van der Waals surface area contributed by atoms with Crippen molar-refractivity contribution in [1.29, 1.82) is 0 Å². The molecule has 3 aromatic rings. The number of Topliss-reactive ketones (excluding diaryl/α,β-unsaturated/α-hetero) is 1. The van der Waals surface area contributed by atoms with E-state index in [0.29, 0.717) is 11.6 Å². The molecule has 1 N–H and O–H groups in total. The zero-order valence-corrected chi connectivity index (χ0v) is 27.0. The first kappa shape index (κ1) is 37.9. The summed E-state index contributed by atoms with van der Waals surface area (Å²) in [7, 11) is 0. The van der Waals surface area contributed by atoms with Crippen molar-refractivity contribution in [2.75, 3.05) is 5.32 Å². The first-order valence-electron chi connectivity index (χ1n) is 14.6. The first-order valence-corrected chi connectivity index (χ1v) is 14.6. The molecule has 1 amide bonds. The molecule has 0 saturated carbocycles. The number of hydrogen-bond donors (Lipinski definition) is 1. The van der Waals surface area contributed by atoms with Gasteiger partial charge in [-0.15, -0.1) is 23.4 Å². The average molecular weight is 683 g/mol. The van der Waals surface area contributed by atoms with E-state index in [9.17, 15) is 35.9 Å². The van der Waals surface area contributed by atoms with Crippen LogP contribution in [-0.2, 0) is 27.9 Å². The minimum absolute atomic E-state index is 0.0427. The summed E-state index contributed by atoms with van der Waals surface area (Å²) in [5.74, 6) is -3.00. The largest absolute Gasteiger partial charge is 0.444 e. The molecule has 0 saturated heterocycles. The van der Waals surface area contributed by atoms with E-state index in [2.05, 4.69) is 33.7 Å². The lowest BCUT2D eigenvalue weighted by molar-refractivity contribution is -0.299. The number of aromatic nitrogens is 3. The summed E-state index contributed by atoms with van der Waals surface area (Å²) in [6.45, 7) is 13.7. The van der Waals surface area contributed by atoms with Gasteiger partial charge in [0.1, 0.15) is 11.3 Å². The third-order valence-electron chi connectivity index (χ3n) is 6.91. The van der Waals surface area contributed by atoms with Gasteiger partial charge in [0.05, 0.1) is 17.9 Å². The van der Waals surface area contributed by atoms with E-state index in [4.69, 9.17) is 13.9 Å². The number of ether oxygens (including phenoxy) is 2. The maximum absolute atomic E-state index is 14.9. The first-order chi connectivity index (χ1) is 22.1. The number of ketones is 1. The van der Waals surface area contributed by atoms with Crippen LogP contribution in [0, 0.1) is 5.41 Å². The summed E-state index contributed by atoms with van der Waals surface area (Å²) in [5.41, 5.74) is -9.39. The predicted octanol–water partition coefficient (Wildman–Crippen LogP) is 9.22. The molecule has 48 heavy (non-hydrogen) atoms. The number of halogens is 6. The average Bonchev–Trinajstić information content (AvgIpc) is 3.45. The fraction of sp³-hybridized carbons (Fsp3) is 0.424. The highest BCUT2D eigenvalue weighted by molar-refractivity contribution is 6.01. The second kappa shape index (κ2) is 14.3. The Balaban J connectivity index is 2.30. The lowest BCUT2D eigenvalue weighted by atomic mass is 9.81. The number of anilines is 1. The fourth-order valence-electron chi connectivity index (χ4n) is 4.50. The van der Waals surface area contributed by atoms with Gasteiger partial charge in [-0.05, 0) is 51.7 Å². The van der Waals surface area contributed by atoms with Gasteiger partial charge in [0.15, 0.2) is 11.5 Å². The third-order valence-corrected chi connectivity index (χ3v) is 6.91. The minimum atomic E-state index is -5.16. The topological polar surface area (TPSA) is 116 Å².